The van der Waals surface area contributed by atoms with E-state index in [1.54, 1.807) is 12.1 Å². The number of hydrogen-bond donors (Lipinski definition) is 2. The lowest BCUT2D eigenvalue weighted by Gasteiger charge is -2.10. The summed E-state index contributed by atoms with van der Waals surface area (Å²) >= 11 is 11.6. The van der Waals surface area contributed by atoms with Crippen LogP contribution in [0, 0.1) is 5.82 Å². The molecule has 0 aromatic heterocycles. The summed E-state index contributed by atoms with van der Waals surface area (Å²) in [6.07, 6.45) is 0. The molecule has 6 heteroatoms. The average Bonchev–Trinajstić information content (AvgIpc) is 2.61. The Bertz CT molecular complexity index is 899. The number of rotatable bonds is 3. The van der Waals surface area contributed by atoms with Crippen LogP contribution in [0.4, 0.5) is 20.6 Å². The molecule has 3 aromatic rings. The van der Waals surface area contributed by atoms with Gasteiger partial charge in [-0.15, -0.1) is 0 Å². The quantitative estimate of drug-likeness (QED) is 0.508. The molecule has 3 rings (SSSR count). The van der Waals surface area contributed by atoms with Gasteiger partial charge in [-0.25, -0.2) is 9.18 Å². The summed E-state index contributed by atoms with van der Waals surface area (Å²) in [6.45, 7) is 0. The van der Waals surface area contributed by atoms with Gasteiger partial charge in [0.15, 0.2) is 0 Å². The van der Waals surface area contributed by atoms with Crippen LogP contribution < -0.4 is 10.6 Å². The van der Waals surface area contributed by atoms with E-state index in [-0.39, 0.29) is 15.7 Å². The molecule has 25 heavy (non-hydrogen) atoms. The molecule has 0 radical (unpaired) electrons. The highest BCUT2D eigenvalue weighted by molar-refractivity contribution is 6.35. The van der Waals surface area contributed by atoms with Crippen molar-refractivity contribution in [2.45, 2.75) is 0 Å². The second-order valence-electron chi connectivity index (χ2n) is 5.27. The molecule has 0 bridgehead atoms. The molecule has 0 saturated carbocycles. The van der Waals surface area contributed by atoms with Crippen molar-refractivity contribution >= 4 is 40.6 Å². The minimum absolute atomic E-state index is 0.0662. The number of halogens is 3. The fourth-order valence-electron chi connectivity index (χ4n) is 2.28. The zero-order chi connectivity index (χ0) is 17.8. The highest BCUT2D eigenvalue weighted by atomic mass is 35.5. The molecule has 0 aliphatic rings. The SMILES string of the molecule is O=C(Nc1ccc(-c2ccccc2)cc1)Nc1cc(Cl)c(F)cc1Cl. The van der Waals surface area contributed by atoms with Gasteiger partial charge in [0.25, 0.3) is 0 Å². The predicted molar refractivity (Wildman–Crippen MR) is 101 cm³/mol. The maximum Gasteiger partial charge on any atom is 0.323 e. The first-order valence-corrected chi connectivity index (χ1v) is 8.16. The van der Waals surface area contributed by atoms with E-state index < -0.39 is 11.8 Å². The Hall–Kier alpha value is -2.56. The number of amides is 2. The Morgan fingerprint density at radius 3 is 2.12 bits per heavy atom. The number of carbonyl (C=O) groups is 1. The molecule has 0 aliphatic carbocycles. The lowest BCUT2D eigenvalue weighted by atomic mass is 10.1. The van der Waals surface area contributed by atoms with Crippen molar-refractivity contribution in [2.75, 3.05) is 10.6 Å². The average molecular weight is 375 g/mol. The molecule has 0 spiro atoms. The standard InChI is InChI=1S/C19H13Cl2FN2O/c20-15-11-18(16(21)10-17(15)22)24-19(25)23-14-8-6-13(7-9-14)12-4-2-1-3-5-12/h1-11H,(H2,23,24,25). The zero-order valence-electron chi connectivity index (χ0n) is 12.9. The van der Waals surface area contributed by atoms with Crippen LogP contribution in [-0.4, -0.2) is 6.03 Å². The number of benzene rings is 3. The van der Waals surface area contributed by atoms with E-state index in [9.17, 15) is 9.18 Å². The van der Waals surface area contributed by atoms with Crippen molar-refractivity contribution in [3.05, 3.63) is 82.6 Å². The molecule has 0 saturated heterocycles. The number of anilines is 2. The lowest BCUT2D eigenvalue weighted by molar-refractivity contribution is 0.262. The van der Waals surface area contributed by atoms with Crippen LogP contribution in [0.2, 0.25) is 10.0 Å². The van der Waals surface area contributed by atoms with Crippen LogP contribution >= 0.6 is 23.2 Å². The van der Waals surface area contributed by atoms with E-state index in [1.807, 2.05) is 42.5 Å². The maximum atomic E-state index is 13.3. The molecular weight excluding hydrogens is 362 g/mol. The van der Waals surface area contributed by atoms with Crippen molar-refractivity contribution < 1.29 is 9.18 Å². The smallest absolute Gasteiger partial charge is 0.308 e. The van der Waals surface area contributed by atoms with Gasteiger partial charge in [0.05, 0.1) is 15.7 Å². The second kappa shape index (κ2) is 7.55. The Balaban J connectivity index is 1.68. The fraction of sp³-hybridized carbons (Fsp3) is 0. The van der Waals surface area contributed by atoms with Crippen molar-refractivity contribution in [3.8, 4) is 11.1 Å². The number of hydrogen-bond acceptors (Lipinski definition) is 1. The summed E-state index contributed by atoms with van der Waals surface area (Å²) in [6, 6.07) is 19.1. The highest BCUT2D eigenvalue weighted by Gasteiger charge is 2.10. The summed E-state index contributed by atoms with van der Waals surface area (Å²) in [5.41, 5.74) is 2.97. The van der Waals surface area contributed by atoms with Crippen LogP contribution in [0.1, 0.15) is 0 Å². The molecule has 3 nitrogen and oxygen atoms in total. The van der Waals surface area contributed by atoms with E-state index in [0.717, 1.165) is 17.2 Å². The Kier molecular flexibility index (Phi) is 5.22. The lowest BCUT2D eigenvalue weighted by Crippen LogP contribution is -2.19. The summed E-state index contributed by atoms with van der Waals surface area (Å²) in [5.74, 6) is -0.644. The first kappa shape index (κ1) is 17.3. The molecule has 0 aliphatic heterocycles. The third kappa shape index (κ3) is 4.29. The molecule has 0 unspecified atom stereocenters. The van der Waals surface area contributed by atoms with Crippen LogP contribution in [-0.2, 0) is 0 Å². The summed E-state index contributed by atoms with van der Waals surface area (Å²) in [7, 11) is 0. The molecular formula is C19H13Cl2FN2O. The van der Waals surface area contributed by atoms with E-state index in [1.165, 1.54) is 6.07 Å². The van der Waals surface area contributed by atoms with Gasteiger partial charge in [-0.1, -0.05) is 65.7 Å². The number of nitrogens with one attached hydrogen (secondary N) is 2. The van der Waals surface area contributed by atoms with Gasteiger partial charge in [0, 0.05) is 5.69 Å². The van der Waals surface area contributed by atoms with Crippen molar-refractivity contribution in [3.63, 3.8) is 0 Å². The van der Waals surface area contributed by atoms with E-state index in [2.05, 4.69) is 10.6 Å². The molecule has 2 amide bonds. The summed E-state index contributed by atoms with van der Waals surface area (Å²) in [4.78, 5) is 12.1. The van der Waals surface area contributed by atoms with Crippen LogP contribution in [0.5, 0.6) is 0 Å². The van der Waals surface area contributed by atoms with E-state index in [0.29, 0.717) is 5.69 Å². The molecule has 0 fully saturated rings. The van der Waals surface area contributed by atoms with Gasteiger partial charge in [0.2, 0.25) is 0 Å². The summed E-state index contributed by atoms with van der Waals surface area (Å²) < 4.78 is 13.3. The van der Waals surface area contributed by atoms with Gasteiger partial charge >= 0.3 is 6.03 Å². The van der Waals surface area contributed by atoms with Gasteiger partial charge in [-0.2, -0.15) is 0 Å². The van der Waals surface area contributed by atoms with Gasteiger partial charge in [-0.3, -0.25) is 0 Å². The van der Waals surface area contributed by atoms with Crippen LogP contribution in [0.25, 0.3) is 11.1 Å². The monoisotopic (exact) mass is 374 g/mol. The molecule has 2 N–H and O–H groups in total. The molecule has 126 valence electrons. The van der Waals surface area contributed by atoms with Crippen LogP contribution in [0.15, 0.2) is 66.7 Å². The molecule has 0 atom stereocenters. The molecule has 0 heterocycles. The van der Waals surface area contributed by atoms with Gasteiger partial charge < -0.3 is 10.6 Å². The zero-order valence-corrected chi connectivity index (χ0v) is 14.4. The number of carbonyl (C=O) groups excluding carboxylic acids is 1. The topological polar surface area (TPSA) is 41.1 Å². The van der Waals surface area contributed by atoms with Crippen molar-refractivity contribution in [1.29, 1.82) is 0 Å². The normalized spacial score (nSPS) is 10.4. The van der Waals surface area contributed by atoms with Crippen molar-refractivity contribution in [1.82, 2.24) is 0 Å². The Morgan fingerprint density at radius 1 is 0.800 bits per heavy atom. The van der Waals surface area contributed by atoms with E-state index in [4.69, 9.17) is 23.2 Å². The molecule has 3 aromatic carbocycles. The second-order valence-corrected chi connectivity index (χ2v) is 6.08. The number of urea groups is 1. The third-order valence-corrected chi connectivity index (χ3v) is 4.11. The minimum atomic E-state index is -0.644. The predicted octanol–water partition coefficient (Wildman–Crippen LogP) is 6.44. The summed E-state index contributed by atoms with van der Waals surface area (Å²) in [5, 5.41) is 5.17. The Labute approximate surface area is 154 Å². The fourth-order valence-corrected chi connectivity index (χ4v) is 2.64. The third-order valence-electron chi connectivity index (χ3n) is 3.51. The van der Waals surface area contributed by atoms with Crippen LogP contribution in [0.3, 0.4) is 0 Å². The first-order valence-electron chi connectivity index (χ1n) is 7.41. The largest absolute Gasteiger partial charge is 0.323 e. The van der Waals surface area contributed by atoms with Crippen molar-refractivity contribution in [2.24, 2.45) is 0 Å². The maximum absolute atomic E-state index is 13.3. The van der Waals surface area contributed by atoms with Gasteiger partial charge in [-0.05, 0) is 35.4 Å². The Morgan fingerprint density at radius 2 is 1.44 bits per heavy atom. The van der Waals surface area contributed by atoms with E-state index >= 15 is 0 Å². The minimum Gasteiger partial charge on any atom is -0.308 e. The van der Waals surface area contributed by atoms with Gasteiger partial charge in [0.1, 0.15) is 5.82 Å². The highest BCUT2D eigenvalue weighted by Crippen LogP contribution is 2.28. The first-order chi connectivity index (χ1) is 12.0.